The van der Waals surface area contributed by atoms with Crippen LogP contribution < -0.4 is 0 Å². The summed E-state index contributed by atoms with van der Waals surface area (Å²) in [6.07, 6.45) is 30.3. The molecule has 0 aliphatic heterocycles. The molecular formula is C50H82N4O6. The monoisotopic (exact) mass is 835 g/mol. The molecule has 0 unspecified atom stereocenters. The Morgan fingerprint density at radius 1 is 0.550 bits per heavy atom. The predicted molar refractivity (Wildman–Crippen MR) is 241 cm³/mol. The Balaban J connectivity index is 1.22. The van der Waals surface area contributed by atoms with Crippen molar-refractivity contribution >= 4 is 24.4 Å². The number of fused-ring (bicyclic) bond motifs is 2. The molecule has 0 saturated heterocycles. The molecule has 6 aliphatic rings. The molecule has 0 spiro atoms. The summed E-state index contributed by atoms with van der Waals surface area (Å²) in [7, 11) is 8.09. The van der Waals surface area contributed by atoms with Crippen LogP contribution in [0.25, 0.3) is 0 Å². The Morgan fingerprint density at radius 2 is 0.933 bits per heavy atom. The third-order valence-corrected chi connectivity index (χ3v) is 16.9. The molecule has 6 fully saturated rings. The van der Waals surface area contributed by atoms with Crippen molar-refractivity contribution < 1.29 is 28.7 Å². The first kappa shape index (κ1) is 46.8. The molecule has 6 saturated carbocycles. The van der Waals surface area contributed by atoms with Gasteiger partial charge in [0.05, 0.1) is 12.4 Å². The third kappa shape index (κ3) is 10.7. The molecule has 0 bridgehead atoms. The Bertz CT molecular complexity index is 1450. The van der Waals surface area contributed by atoms with Crippen LogP contribution in [-0.2, 0) is 28.7 Å². The number of hydrogen-bond donors (Lipinski definition) is 0. The van der Waals surface area contributed by atoms with Crippen LogP contribution in [0.3, 0.4) is 0 Å². The minimum absolute atomic E-state index is 0.200. The Kier molecular flexibility index (Phi) is 16.1. The lowest BCUT2D eigenvalue weighted by atomic mass is 9.57. The molecule has 0 N–H and O–H groups in total. The number of nitrogens with zero attached hydrogens (tertiary/aromatic N) is 4. The number of esters is 2. The second kappa shape index (κ2) is 20.6. The van der Waals surface area contributed by atoms with Gasteiger partial charge in [0, 0.05) is 23.9 Å². The first-order chi connectivity index (χ1) is 28.7. The molecule has 0 aromatic carbocycles. The van der Waals surface area contributed by atoms with E-state index >= 15 is 0 Å². The van der Waals surface area contributed by atoms with E-state index in [1.54, 1.807) is 0 Å². The van der Waals surface area contributed by atoms with E-state index in [-0.39, 0.29) is 22.7 Å². The van der Waals surface area contributed by atoms with E-state index in [0.717, 1.165) is 88.4 Å². The van der Waals surface area contributed by atoms with Crippen molar-refractivity contribution in [3.05, 3.63) is 23.3 Å². The normalized spacial score (nSPS) is 35.9. The van der Waals surface area contributed by atoms with Gasteiger partial charge in [-0.15, -0.1) is 0 Å². The summed E-state index contributed by atoms with van der Waals surface area (Å²) < 4.78 is 13.6. The van der Waals surface area contributed by atoms with Crippen molar-refractivity contribution in [2.75, 3.05) is 54.5 Å². The lowest BCUT2D eigenvalue weighted by Gasteiger charge is -2.53. The predicted octanol–water partition coefficient (Wildman–Crippen LogP) is 10.2. The number of allylic oxidation sites excluding steroid dienone is 4. The van der Waals surface area contributed by atoms with Gasteiger partial charge in [-0.3, -0.25) is 0 Å². The molecule has 0 radical (unpaired) electrons. The van der Waals surface area contributed by atoms with Crippen molar-refractivity contribution in [2.45, 2.75) is 167 Å². The number of oxime groups is 2. The molecule has 8 atom stereocenters. The van der Waals surface area contributed by atoms with E-state index in [1.807, 2.05) is 40.6 Å². The van der Waals surface area contributed by atoms with Crippen LogP contribution in [0.2, 0.25) is 0 Å². The molecule has 0 aromatic heterocycles. The van der Waals surface area contributed by atoms with Crippen LogP contribution in [0.1, 0.15) is 156 Å². The molecule has 338 valence electrons. The quantitative estimate of drug-likeness (QED) is 0.0498. The highest BCUT2D eigenvalue weighted by Crippen LogP contribution is 2.65. The summed E-state index contributed by atoms with van der Waals surface area (Å²) in [5.74, 6) is 1.16. The largest absolute Gasteiger partial charge is 0.450 e. The van der Waals surface area contributed by atoms with Crippen LogP contribution in [0.4, 0.5) is 0 Å². The average Bonchev–Trinajstić information content (AvgIpc) is 3.66. The maximum atomic E-state index is 14.6. The number of rotatable bonds is 16. The first-order valence-corrected chi connectivity index (χ1v) is 24.1. The summed E-state index contributed by atoms with van der Waals surface area (Å²) in [6.45, 7) is 11.5. The van der Waals surface area contributed by atoms with Gasteiger partial charge in [0.2, 0.25) is 0 Å². The topological polar surface area (TPSA) is 102 Å². The molecule has 6 aliphatic carbocycles. The summed E-state index contributed by atoms with van der Waals surface area (Å²) >= 11 is 0. The van der Waals surface area contributed by atoms with Gasteiger partial charge in [0.15, 0.2) is 0 Å². The van der Waals surface area contributed by atoms with Crippen LogP contribution in [0.15, 0.2) is 33.6 Å². The van der Waals surface area contributed by atoms with Gasteiger partial charge in [-0.25, -0.2) is 9.59 Å². The van der Waals surface area contributed by atoms with Crippen molar-refractivity contribution in [3.63, 3.8) is 0 Å². The van der Waals surface area contributed by atoms with Crippen molar-refractivity contribution in [1.82, 2.24) is 9.80 Å². The highest BCUT2D eigenvalue weighted by Gasteiger charge is 2.65. The van der Waals surface area contributed by atoms with E-state index in [9.17, 15) is 9.59 Å². The molecule has 10 heteroatoms. The zero-order chi connectivity index (χ0) is 43.0. The number of ether oxygens (including phenoxy) is 2. The van der Waals surface area contributed by atoms with E-state index in [2.05, 4.69) is 60.0 Å². The molecule has 60 heavy (non-hydrogen) atoms. The Hall–Kier alpha value is -2.72. The van der Waals surface area contributed by atoms with Crippen molar-refractivity contribution in [1.29, 1.82) is 0 Å². The van der Waals surface area contributed by atoms with Crippen LogP contribution in [-0.4, -0.2) is 99.9 Å². The fourth-order valence-electron chi connectivity index (χ4n) is 13.1. The summed E-state index contributed by atoms with van der Waals surface area (Å²) in [5, 5.41) is 8.52. The first-order valence-electron chi connectivity index (χ1n) is 24.1. The molecule has 0 aromatic rings. The Morgan fingerprint density at radius 3 is 1.30 bits per heavy atom. The molecule has 10 nitrogen and oxygen atoms in total. The fraction of sp³-hybridized carbons (Fsp3) is 0.840. The van der Waals surface area contributed by atoms with Gasteiger partial charge in [-0.2, -0.15) is 0 Å². The zero-order valence-corrected chi connectivity index (χ0v) is 39.0. The number of hydrogen-bond acceptors (Lipinski definition) is 10. The third-order valence-electron chi connectivity index (χ3n) is 16.9. The van der Waals surface area contributed by atoms with E-state index in [1.165, 1.54) is 64.2 Å². The number of likely N-dealkylation sites (N-methyl/N-ethyl adjacent to an activating group) is 2. The number of carbonyl (C=O) groups excluding carboxylic acids is 2. The standard InChI is InChI=1S/C50H82N4O6/c1-37(35-51-57-29-27-53(5)6)31-43-21-25-49(33-41(19-23-47(43,49)3)39-15-11-9-12-16-39)59-45(55)46(56)60-50-26-22-44(32-38(2)36-52-58-30-28-54(7)8)48(50,4)24-20-42(34-50)40-17-13-10-14-18-40/h31-32,35-36,39-44H,9-30,33-34H2,1-8H3/b37-31?,38-32?,51-35+,52-36+/t41-,42-,43+,44+,47+,48+,49-,50-/m0/s1. The van der Waals surface area contributed by atoms with E-state index in [4.69, 9.17) is 19.1 Å². The minimum atomic E-state index is -0.781. The Labute approximate surface area is 363 Å². The fourth-order valence-corrected chi connectivity index (χ4v) is 13.1. The SMILES string of the molecule is CC(=C[C@H]1CC[C@]2(OC(=O)C(=O)O[C@]34CC[C@H](C=C(C)/C=N/OCCN(C)C)[C@@]3(C)CC[C@H](C3CCCCC3)C4)C[C@@H](C3CCCCC3)CC[C@]12C)/C=N/OCCN(C)C. The maximum absolute atomic E-state index is 14.6. The van der Waals surface area contributed by atoms with Gasteiger partial charge >= 0.3 is 11.9 Å². The summed E-state index contributed by atoms with van der Waals surface area (Å²) in [5.41, 5.74) is 0.0824. The molecular weight excluding hydrogens is 753 g/mol. The summed E-state index contributed by atoms with van der Waals surface area (Å²) in [4.78, 5) is 44.4. The number of carbonyl (C=O) groups is 2. The molecule has 6 rings (SSSR count). The van der Waals surface area contributed by atoms with Gasteiger partial charge in [0.25, 0.3) is 0 Å². The maximum Gasteiger partial charge on any atom is 0.418 e. The second-order valence-corrected chi connectivity index (χ2v) is 21.3. The summed E-state index contributed by atoms with van der Waals surface area (Å²) in [6, 6.07) is 0. The van der Waals surface area contributed by atoms with Gasteiger partial charge in [0.1, 0.15) is 24.4 Å². The lowest BCUT2D eigenvalue weighted by Crippen LogP contribution is -2.56. The smallest absolute Gasteiger partial charge is 0.418 e. The van der Waals surface area contributed by atoms with E-state index < -0.39 is 23.1 Å². The van der Waals surface area contributed by atoms with Gasteiger partial charge < -0.3 is 28.9 Å². The van der Waals surface area contributed by atoms with Gasteiger partial charge in [-0.1, -0.05) is 101 Å². The zero-order valence-electron chi connectivity index (χ0n) is 39.0. The van der Waals surface area contributed by atoms with Crippen LogP contribution >= 0.6 is 0 Å². The van der Waals surface area contributed by atoms with Gasteiger partial charge in [-0.05, 0) is 153 Å². The second-order valence-electron chi connectivity index (χ2n) is 21.3. The average molecular weight is 835 g/mol. The molecule has 0 amide bonds. The molecule has 0 heterocycles. The highest BCUT2D eigenvalue weighted by molar-refractivity contribution is 6.30. The lowest BCUT2D eigenvalue weighted by molar-refractivity contribution is -0.211. The van der Waals surface area contributed by atoms with Crippen molar-refractivity contribution in [2.24, 2.45) is 56.6 Å². The van der Waals surface area contributed by atoms with Crippen LogP contribution in [0.5, 0.6) is 0 Å². The van der Waals surface area contributed by atoms with Crippen LogP contribution in [0, 0.1) is 46.3 Å². The highest BCUT2D eigenvalue weighted by atomic mass is 16.6. The van der Waals surface area contributed by atoms with E-state index in [0.29, 0.717) is 36.9 Å². The minimum Gasteiger partial charge on any atom is -0.450 e. The van der Waals surface area contributed by atoms with Crippen molar-refractivity contribution in [3.8, 4) is 0 Å².